The molecule has 0 saturated carbocycles. The van der Waals surface area contributed by atoms with E-state index >= 15 is 0 Å². The maximum Gasteiger partial charge on any atom is 0.270 e. The molecule has 0 aromatic carbocycles. The lowest BCUT2D eigenvalue weighted by Crippen LogP contribution is -2.47. The molecular formula is C13H16BrN3O3S. The van der Waals surface area contributed by atoms with E-state index in [9.17, 15) is 9.90 Å². The maximum atomic E-state index is 12.3. The first-order chi connectivity index (χ1) is 10.1. The van der Waals surface area contributed by atoms with Gasteiger partial charge in [-0.1, -0.05) is 0 Å². The molecule has 8 heteroatoms. The number of aryl methyl sites for hydroxylation is 1. The first-order valence-electron chi connectivity index (χ1n) is 6.76. The number of hydrogen-bond donors (Lipinski definition) is 2. The van der Waals surface area contributed by atoms with Gasteiger partial charge in [0.25, 0.3) is 5.56 Å². The number of hydrogen-bond acceptors (Lipinski definition) is 6. The molecule has 0 bridgehead atoms. The van der Waals surface area contributed by atoms with Gasteiger partial charge in [-0.15, -0.1) is 11.3 Å². The normalized spacial score (nSPS) is 19.4. The third-order valence-electron chi connectivity index (χ3n) is 3.60. The van der Waals surface area contributed by atoms with Crippen molar-refractivity contribution in [2.45, 2.75) is 19.4 Å². The second-order valence-corrected chi connectivity index (χ2v) is 6.99. The van der Waals surface area contributed by atoms with Crippen LogP contribution >= 0.6 is 27.3 Å². The number of ether oxygens (including phenoxy) is 1. The molecule has 1 fully saturated rings. The van der Waals surface area contributed by atoms with Crippen LogP contribution in [0.3, 0.4) is 0 Å². The number of aliphatic hydroxyl groups excluding tert-OH is 1. The molecule has 0 radical (unpaired) electrons. The Morgan fingerprint density at radius 2 is 2.43 bits per heavy atom. The van der Waals surface area contributed by atoms with Crippen molar-refractivity contribution < 1.29 is 9.84 Å². The summed E-state index contributed by atoms with van der Waals surface area (Å²) in [6, 6.07) is 0.0304. The van der Waals surface area contributed by atoms with Gasteiger partial charge in [0.2, 0.25) is 5.95 Å². The van der Waals surface area contributed by atoms with Crippen LogP contribution in [-0.2, 0) is 4.74 Å². The Hall–Kier alpha value is -0.960. The summed E-state index contributed by atoms with van der Waals surface area (Å²) in [6.07, 6.45) is 0.589. The summed E-state index contributed by atoms with van der Waals surface area (Å²) in [6.45, 7) is 3.82. The Balaban J connectivity index is 2.06. The number of nitrogens with zero attached hydrogens (tertiary/aromatic N) is 2. The Kier molecular flexibility index (Phi) is 4.30. The molecule has 2 aromatic heterocycles. The minimum absolute atomic E-state index is 0.0304. The number of aromatic nitrogens is 2. The van der Waals surface area contributed by atoms with E-state index in [1.165, 1.54) is 11.3 Å². The number of aliphatic hydroxyl groups is 1. The van der Waals surface area contributed by atoms with E-state index < -0.39 is 0 Å². The summed E-state index contributed by atoms with van der Waals surface area (Å²) < 4.78 is 6.96. The van der Waals surface area contributed by atoms with Gasteiger partial charge in [-0.3, -0.25) is 9.78 Å². The summed E-state index contributed by atoms with van der Waals surface area (Å²) in [4.78, 5) is 22.8. The Labute approximate surface area is 133 Å². The highest BCUT2D eigenvalue weighted by Crippen LogP contribution is 2.32. The van der Waals surface area contributed by atoms with E-state index in [0.717, 1.165) is 9.35 Å². The average Bonchev–Trinajstić information content (AvgIpc) is 2.77. The number of aromatic amines is 1. The molecule has 1 atom stereocenters. The smallest absolute Gasteiger partial charge is 0.270 e. The molecule has 2 N–H and O–H groups in total. The minimum atomic E-state index is -0.122. The predicted molar refractivity (Wildman–Crippen MR) is 86.3 cm³/mol. The van der Waals surface area contributed by atoms with Gasteiger partial charge in [0, 0.05) is 18.0 Å². The van der Waals surface area contributed by atoms with Crippen LogP contribution in [0.25, 0.3) is 10.2 Å². The molecule has 1 saturated heterocycles. The van der Waals surface area contributed by atoms with E-state index in [2.05, 4.69) is 25.9 Å². The summed E-state index contributed by atoms with van der Waals surface area (Å²) in [5, 5.41) is 9.18. The summed E-state index contributed by atoms with van der Waals surface area (Å²) in [5.74, 6) is 0.549. The Morgan fingerprint density at radius 3 is 3.19 bits per heavy atom. The number of H-pyrrole nitrogens is 1. The third kappa shape index (κ3) is 2.73. The van der Waals surface area contributed by atoms with Crippen molar-refractivity contribution in [1.82, 2.24) is 9.97 Å². The Morgan fingerprint density at radius 1 is 1.62 bits per heavy atom. The van der Waals surface area contributed by atoms with E-state index in [0.29, 0.717) is 42.3 Å². The summed E-state index contributed by atoms with van der Waals surface area (Å²) >= 11 is 4.94. The molecule has 21 heavy (non-hydrogen) atoms. The average molecular weight is 374 g/mol. The highest BCUT2D eigenvalue weighted by Gasteiger charge is 2.25. The second kappa shape index (κ2) is 6.04. The van der Waals surface area contributed by atoms with Crippen molar-refractivity contribution in [2.24, 2.45) is 0 Å². The Bertz CT molecular complexity index is 712. The van der Waals surface area contributed by atoms with Crippen molar-refractivity contribution in [3.63, 3.8) is 0 Å². The van der Waals surface area contributed by atoms with Crippen LogP contribution < -0.4 is 10.5 Å². The van der Waals surface area contributed by atoms with Crippen LogP contribution in [0.5, 0.6) is 0 Å². The standard InChI is InChI=1S/C13H16BrN3O3S/c1-7-9(14)10-11(21-7)12(19)16-13(15-10)17-3-5-20-6-8(17)2-4-18/h8,18H,2-6H2,1H3,(H,15,16,19)/t8-/m0/s1. The maximum absolute atomic E-state index is 12.3. The zero-order chi connectivity index (χ0) is 15.0. The van der Waals surface area contributed by atoms with Crippen LogP contribution in [0, 0.1) is 6.92 Å². The lowest BCUT2D eigenvalue weighted by atomic mass is 10.2. The number of rotatable bonds is 3. The van der Waals surface area contributed by atoms with E-state index in [4.69, 9.17) is 4.74 Å². The molecule has 3 heterocycles. The molecule has 0 aliphatic carbocycles. The predicted octanol–water partition coefficient (Wildman–Crippen LogP) is 1.64. The minimum Gasteiger partial charge on any atom is -0.396 e. The molecule has 1 aliphatic heterocycles. The summed E-state index contributed by atoms with van der Waals surface area (Å²) in [5.41, 5.74) is 0.577. The fraction of sp³-hybridized carbons (Fsp3) is 0.538. The lowest BCUT2D eigenvalue weighted by molar-refractivity contribution is 0.0841. The zero-order valence-corrected chi connectivity index (χ0v) is 14.0. The van der Waals surface area contributed by atoms with Crippen molar-refractivity contribution >= 4 is 43.4 Å². The van der Waals surface area contributed by atoms with Crippen LogP contribution in [0.4, 0.5) is 5.95 Å². The number of fused-ring (bicyclic) bond motifs is 1. The molecule has 2 aromatic rings. The van der Waals surface area contributed by atoms with Gasteiger partial charge in [-0.05, 0) is 29.3 Å². The van der Waals surface area contributed by atoms with Gasteiger partial charge in [0.05, 0.1) is 23.7 Å². The third-order valence-corrected chi connectivity index (χ3v) is 5.92. The number of morpholine rings is 1. The molecule has 1 aliphatic rings. The molecule has 114 valence electrons. The largest absolute Gasteiger partial charge is 0.396 e. The van der Waals surface area contributed by atoms with Gasteiger partial charge < -0.3 is 14.7 Å². The molecule has 0 amide bonds. The zero-order valence-electron chi connectivity index (χ0n) is 11.6. The molecular weight excluding hydrogens is 358 g/mol. The summed E-state index contributed by atoms with van der Waals surface area (Å²) in [7, 11) is 0. The van der Waals surface area contributed by atoms with Gasteiger partial charge in [-0.2, -0.15) is 0 Å². The van der Waals surface area contributed by atoms with Gasteiger partial charge in [0.1, 0.15) is 10.2 Å². The van der Waals surface area contributed by atoms with E-state index in [1.807, 2.05) is 11.8 Å². The van der Waals surface area contributed by atoms with Crippen LogP contribution in [0.2, 0.25) is 0 Å². The number of nitrogens with one attached hydrogen (secondary N) is 1. The van der Waals surface area contributed by atoms with Gasteiger partial charge in [0.15, 0.2) is 0 Å². The molecule has 0 unspecified atom stereocenters. The van der Waals surface area contributed by atoms with Gasteiger partial charge >= 0.3 is 0 Å². The van der Waals surface area contributed by atoms with Crippen LogP contribution in [0.15, 0.2) is 9.27 Å². The first kappa shape index (κ1) is 15.0. The number of anilines is 1. The van der Waals surface area contributed by atoms with Crippen molar-refractivity contribution in [3.8, 4) is 0 Å². The SMILES string of the molecule is Cc1sc2c(=O)[nH]c(N3CCOC[C@@H]3CCO)nc2c1Br. The highest BCUT2D eigenvalue weighted by atomic mass is 79.9. The number of thiophene rings is 1. The fourth-order valence-electron chi connectivity index (χ4n) is 2.52. The van der Waals surface area contributed by atoms with Crippen molar-refractivity contribution in [2.75, 3.05) is 31.3 Å². The second-order valence-electron chi connectivity index (χ2n) is 4.97. The van der Waals surface area contributed by atoms with Crippen molar-refractivity contribution in [3.05, 3.63) is 19.7 Å². The lowest BCUT2D eigenvalue weighted by Gasteiger charge is -2.35. The van der Waals surface area contributed by atoms with Gasteiger partial charge in [-0.25, -0.2) is 4.98 Å². The topological polar surface area (TPSA) is 78.5 Å². The van der Waals surface area contributed by atoms with Crippen molar-refractivity contribution in [1.29, 1.82) is 0 Å². The van der Waals surface area contributed by atoms with E-state index in [1.54, 1.807) is 0 Å². The highest BCUT2D eigenvalue weighted by molar-refractivity contribution is 9.10. The molecule has 3 rings (SSSR count). The quantitative estimate of drug-likeness (QED) is 0.854. The first-order valence-corrected chi connectivity index (χ1v) is 8.37. The number of halogens is 1. The fourth-order valence-corrected chi connectivity index (χ4v) is 4.06. The molecule has 6 nitrogen and oxygen atoms in total. The van der Waals surface area contributed by atoms with Crippen LogP contribution in [0.1, 0.15) is 11.3 Å². The van der Waals surface area contributed by atoms with Crippen LogP contribution in [-0.4, -0.2) is 47.5 Å². The van der Waals surface area contributed by atoms with E-state index in [-0.39, 0.29) is 18.2 Å². The monoisotopic (exact) mass is 373 g/mol. The molecule has 0 spiro atoms.